The number of Topliss-reactive ketones (excluding diaryl/α,β-unsaturated/α-hetero) is 1. The molecule has 0 unspecified atom stereocenters. The number of rotatable bonds is 4. The van der Waals surface area contributed by atoms with E-state index in [4.69, 9.17) is 16.7 Å². The number of amides is 1. The molecule has 0 saturated carbocycles. The topological polar surface area (TPSA) is 70.5 Å². The quantitative estimate of drug-likeness (QED) is 0.823. The minimum atomic E-state index is -0.495. The van der Waals surface area contributed by atoms with Gasteiger partial charge in [-0.05, 0) is 55.0 Å². The zero-order valence-electron chi connectivity index (χ0n) is 14.9. The molecular weight excluding hydrogens is 364 g/mol. The molecule has 1 atom stereocenters. The van der Waals surface area contributed by atoms with E-state index in [0.717, 1.165) is 30.5 Å². The number of aryl methyl sites for hydroxylation is 1. The van der Waals surface area contributed by atoms with E-state index in [9.17, 15) is 9.59 Å². The molecule has 1 aromatic heterocycles. The Morgan fingerprint density at radius 1 is 1.22 bits per heavy atom. The smallest absolute Gasteiger partial charge is 0.229 e. The molecule has 0 radical (unpaired) electrons. The number of benzene rings is 1. The highest BCUT2D eigenvalue weighted by Gasteiger charge is 2.48. The molecule has 2 aliphatic rings. The van der Waals surface area contributed by atoms with E-state index in [1.54, 1.807) is 18.3 Å². The molecule has 2 aromatic rings. The molecule has 6 heteroatoms. The van der Waals surface area contributed by atoms with E-state index in [2.05, 4.69) is 4.98 Å². The van der Waals surface area contributed by atoms with Crippen molar-refractivity contribution in [3.63, 3.8) is 0 Å². The fourth-order valence-electron chi connectivity index (χ4n) is 4.26. The molecule has 1 saturated heterocycles. The summed E-state index contributed by atoms with van der Waals surface area (Å²) in [5.74, 6) is -0.116. The summed E-state index contributed by atoms with van der Waals surface area (Å²) >= 11 is 5.88. The van der Waals surface area contributed by atoms with Crippen LogP contribution in [0.2, 0.25) is 5.02 Å². The summed E-state index contributed by atoms with van der Waals surface area (Å²) in [6.45, 7) is 0.714. The monoisotopic (exact) mass is 384 g/mol. The second kappa shape index (κ2) is 7.06. The molecule has 1 aliphatic heterocycles. The van der Waals surface area contributed by atoms with Crippen LogP contribution in [0.4, 0.5) is 0 Å². The van der Waals surface area contributed by atoms with Crippen molar-refractivity contribution in [2.75, 3.05) is 13.2 Å². The lowest BCUT2D eigenvalue weighted by molar-refractivity contribution is -0.137. The predicted octanol–water partition coefficient (Wildman–Crippen LogP) is 2.82. The summed E-state index contributed by atoms with van der Waals surface area (Å²) in [5.41, 5.74) is 3.21. The lowest BCUT2D eigenvalue weighted by Gasteiger charge is -2.33. The van der Waals surface area contributed by atoms with Gasteiger partial charge in [0, 0.05) is 18.3 Å². The molecule has 1 spiro atoms. The van der Waals surface area contributed by atoms with Gasteiger partial charge in [0.25, 0.3) is 0 Å². The molecule has 27 heavy (non-hydrogen) atoms. The van der Waals surface area contributed by atoms with Gasteiger partial charge in [-0.15, -0.1) is 0 Å². The van der Waals surface area contributed by atoms with Crippen molar-refractivity contribution >= 4 is 23.3 Å². The highest BCUT2D eigenvalue weighted by Crippen LogP contribution is 2.44. The zero-order chi connectivity index (χ0) is 19.0. The number of hydrogen-bond acceptors (Lipinski definition) is 4. The summed E-state index contributed by atoms with van der Waals surface area (Å²) in [5, 5.41) is 9.69. The maximum Gasteiger partial charge on any atom is 0.229 e. The zero-order valence-corrected chi connectivity index (χ0v) is 15.7. The van der Waals surface area contributed by atoms with Crippen LogP contribution in [0.1, 0.15) is 40.0 Å². The highest BCUT2D eigenvalue weighted by molar-refractivity contribution is 6.30. The van der Waals surface area contributed by atoms with Gasteiger partial charge in [-0.25, -0.2) is 0 Å². The van der Waals surface area contributed by atoms with Crippen molar-refractivity contribution in [1.29, 1.82) is 0 Å². The van der Waals surface area contributed by atoms with E-state index in [1.165, 1.54) is 5.56 Å². The lowest BCUT2D eigenvalue weighted by Crippen LogP contribution is -2.38. The number of pyridine rings is 1. The molecule has 1 fully saturated rings. The number of fused-ring (bicyclic) bond motifs is 1. The van der Waals surface area contributed by atoms with Crippen molar-refractivity contribution in [3.05, 3.63) is 63.9 Å². The fourth-order valence-corrected chi connectivity index (χ4v) is 4.37. The van der Waals surface area contributed by atoms with Gasteiger partial charge < -0.3 is 10.0 Å². The molecule has 4 rings (SSSR count). The summed E-state index contributed by atoms with van der Waals surface area (Å²) in [4.78, 5) is 31.2. The first-order valence-electron chi connectivity index (χ1n) is 9.16. The molecule has 1 amide bonds. The number of halogens is 1. The van der Waals surface area contributed by atoms with Crippen LogP contribution >= 0.6 is 11.6 Å². The summed E-state index contributed by atoms with van der Waals surface area (Å²) in [7, 11) is 0. The van der Waals surface area contributed by atoms with E-state index in [1.807, 2.05) is 23.1 Å². The van der Waals surface area contributed by atoms with E-state index >= 15 is 0 Å². The number of carbonyl (C=O) groups is 2. The Morgan fingerprint density at radius 3 is 2.81 bits per heavy atom. The Labute approximate surface area is 163 Å². The van der Waals surface area contributed by atoms with Crippen LogP contribution in [0.15, 0.2) is 36.5 Å². The number of carbonyl (C=O) groups excluding carboxylic acids is 2. The van der Waals surface area contributed by atoms with E-state index in [0.29, 0.717) is 30.1 Å². The highest BCUT2D eigenvalue weighted by atomic mass is 35.5. The largest absolute Gasteiger partial charge is 0.388 e. The third-order valence-corrected chi connectivity index (χ3v) is 6.04. The van der Waals surface area contributed by atoms with Gasteiger partial charge in [0.05, 0.1) is 22.7 Å². The first-order valence-corrected chi connectivity index (χ1v) is 9.54. The number of hydrogen-bond donors (Lipinski definition) is 1. The van der Waals surface area contributed by atoms with Crippen LogP contribution < -0.4 is 0 Å². The van der Waals surface area contributed by atoms with Gasteiger partial charge >= 0.3 is 0 Å². The minimum absolute atomic E-state index is 0.170. The van der Waals surface area contributed by atoms with E-state index < -0.39 is 6.61 Å². The van der Waals surface area contributed by atoms with Gasteiger partial charge in [-0.2, -0.15) is 0 Å². The normalized spacial score (nSPS) is 21.6. The second-order valence-electron chi connectivity index (χ2n) is 7.47. The number of likely N-dealkylation sites (tertiary alicyclic amines) is 1. The SMILES string of the molecule is O=C(CO)c1ccc2c(c1)C[C@@]1(CC2)CCN(Cc2ccc(Cl)cn2)C1=O. The Kier molecular flexibility index (Phi) is 4.74. The molecular formula is C21H21ClN2O3. The predicted molar refractivity (Wildman–Crippen MR) is 102 cm³/mol. The van der Waals surface area contributed by atoms with Gasteiger partial charge in [0.2, 0.25) is 5.91 Å². The molecule has 0 bridgehead atoms. The Balaban J connectivity index is 1.54. The number of aromatic nitrogens is 1. The summed E-state index contributed by atoms with van der Waals surface area (Å²) in [6, 6.07) is 9.22. The maximum absolute atomic E-state index is 13.2. The van der Waals surface area contributed by atoms with Crippen LogP contribution in [-0.2, 0) is 24.2 Å². The minimum Gasteiger partial charge on any atom is -0.388 e. The Bertz CT molecular complexity index is 897. The van der Waals surface area contributed by atoms with Crippen LogP contribution in [0.5, 0.6) is 0 Å². The lowest BCUT2D eigenvalue weighted by atomic mass is 9.70. The van der Waals surface area contributed by atoms with Crippen molar-refractivity contribution < 1.29 is 14.7 Å². The van der Waals surface area contributed by atoms with Crippen LogP contribution in [0.25, 0.3) is 0 Å². The molecule has 1 aliphatic carbocycles. The van der Waals surface area contributed by atoms with Crippen molar-refractivity contribution in [3.8, 4) is 0 Å². The average molecular weight is 385 g/mol. The van der Waals surface area contributed by atoms with Gasteiger partial charge in [0.15, 0.2) is 5.78 Å². The van der Waals surface area contributed by atoms with Gasteiger partial charge in [-0.1, -0.05) is 23.7 Å². The number of aliphatic hydroxyl groups is 1. The number of nitrogens with zero attached hydrogens (tertiary/aromatic N) is 2. The number of aliphatic hydroxyl groups excluding tert-OH is 1. The maximum atomic E-state index is 13.2. The van der Waals surface area contributed by atoms with Crippen molar-refractivity contribution in [1.82, 2.24) is 9.88 Å². The molecule has 2 heterocycles. The Hall–Kier alpha value is -2.24. The molecule has 5 nitrogen and oxygen atoms in total. The summed E-state index contributed by atoms with van der Waals surface area (Å²) in [6.07, 6.45) is 4.73. The van der Waals surface area contributed by atoms with Crippen molar-refractivity contribution in [2.45, 2.75) is 32.2 Å². The van der Waals surface area contributed by atoms with E-state index in [-0.39, 0.29) is 17.1 Å². The standard InChI is InChI=1S/C21H21ClN2O3/c22-17-3-4-18(23-11-17)12-24-8-7-21(20(24)27)6-5-14-1-2-15(19(26)13-25)9-16(14)10-21/h1-4,9,11,25H,5-8,10,12-13H2/t21-/m1/s1. The third-order valence-electron chi connectivity index (χ3n) is 5.82. The second-order valence-corrected chi connectivity index (χ2v) is 7.90. The first-order chi connectivity index (χ1) is 13.0. The first kappa shape index (κ1) is 18.1. The van der Waals surface area contributed by atoms with Crippen LogP contribution in [0, 0.1) is 5.41 Å². The Morgan fingerprint density at radius 2 is 2.07 bits per heavy atom. The average Bonchev–Trinajstić information content (AvgIpc) is 2.98. The van der Waals surface area contributed by atoms with Gasteiger partial charge in [0.1, 0.15) is 6.61 Å². The molecule has 1 aromatic carbocycles. The van der Waals surface area contributed by atoms with Crippen molar-refractivity contribution in [2.24, 2.45) is 5.41 Å². The van der Waals surface area contributed by atoms with Crippen LogP contribution in [-0.4, -0.2) is 39.8 Å². The van der Waals surface area contributed by atoms with Gasteiger partial charge in [-0.3, -0.25) is 14.6 Å². The number of ketones is 1. The molecule has 1 N–H and O–H groups in total. The molecule has 140 valence electrons. The van der Waals surface area contributed by atoms with Crippen LogP contribution in [0.3, 0.4) is 0 Å². The third kappa shape index (κ3) is 3.37. The fraction of sp³-hybridized carbons (Fsp3) is 0.381. The summed E-state index contributed by atoms with van der Waals surface area (Å²) < 4.78 is 0.